The van der Waals surface area contributed by atoms with Crippen LogP contribution in [0.4, 0.5) is 4.79 Å². The molecule has 0 radical (unpaired) electrons. The van der Waals surface area contributed by atoms with Gasteiger partial charge in [-0.05, 0) is 78.3 Å². The van der Waals surface area contributed by atoms with Crippen molar-refractivity contribution >= 4 is 6.09 Å². The van der Waals surface area contributed by atoms with E-state index < -0.39 is 5.60 Å². The van der Waals surface area contributed by atoms with Crippen molar-refractivity contribution in [3.63, 3.8) is 0 Å². The lowest BCUT2D eigenvalue weighted by atomic mass is 9.90. The van der Waals surface area contributed by atoms with Gasteiger partial charge in [0.05, 0.1) is 0 Å². The first-order valence-electron chi connectivity index (χ1n) is 10.2. The van der Waals surface area contributed by atoms with Gasteiger partial charge in [-0.2, -0.15) is 0 Å². The van der Waals surface area contributed by atoms with Gasteiger partial charge < -0.3 is 15.4 Å². The molecular weight excluding hydrogens is 314 g/mol. The molecular formula is C20H39N3O2. The average Bonchev–Trinajstić information content (AvgIpc) is 2.99. The van der Waals surface area contributed by atoms with Crippen molar-refractivity contribution in [2.45, 2.75) is 96.9 Å². The molecule has 3 unspecified atom stereocenters. The second-order valence-corrected chi connectivity index (χ2v) is 9.17. The van der Waals surface area contributed by atoms with Crippen molar-refractivity contribution in [1.29, 1.82) is 0 Å². The zero-order chi connectivity index (χ0) is 18.4. The molecule has 5 heteroatoms. The predicted octanol–water partition coefficient (Wildman–Crippen LogP) is 3.53. The fourth-order valence-electron chi connectivity index (χ4n) is 4.13. The number of ether oxygens (including phenoxy) is 1. The van der Waals surface area contributed by atoms with Crippen LogP contribution in [0.15, 0.2) is 0 Å². The maximum Gasteiger partial charge on any atom is 0.407 e. The van der Waals surface area contributed by atoms with Crippen LogP contribution in [0.5, 0.6) is 0 Å². The Labute approximate surface area is 154 Å². The van der Waals surface area contributed by atoms with E-state index in [-0.39, 0.29) is 12.1 Å². The first-order chi connectivity index (χ1) is 11.7. The number of carbonyl (C=O) groups is 1. The van der Waals surface area contributed by atoms with Gasteiger partial charge in [-0.25, -0.2) is 4.79 Å². The Kier molecular flexibility index (Phi) is 7.56. The smallest absolute Gasteiger partial charge is 0.407 e. The Morgan fingerprint density at radius 2 is 1.76 bits per heavy atom. The Balaban J connectivity index is 1.77. The summed E-state index contributed by atoms with van der Waals surface area (Å²) in [5, 5.41) is 6.86. The lowest BCUT2D eigenvalue weighted by Gasteiger charge is -2.35. The van der Waals surface area contributed by atoms with Gasteiger partial charge in [0.25, 0.3) is 0 Å². The predicted molar refractivity (Wildman–Crippen MR) is 103 cm³/mol. The summed E-state index contributed by atoms with van der Waals surface area (Å²) >= 11 is 0. The van der Waals surface area contributed by atoms with E-state index in [0.29, 0.717) is 18.0 Å². The first-order valence-corrected chi connectivity index (χ1v) is 10.2. The van der Waals surface area contributed by atoms with E-state index in [1.807, 2.05) is 20.8 Å². The molecule has 1 saturated heterocycles. The maximum atomic E-state index is 12.0. The van der Waals surface area contributed by atoms with Crippen LogP contribution in [-0.2, 0) is 4.74 Å². The Hall–Kier alpha value is -0.810. The third-order valence-corrected chi connectivity index (χ3v) is 5.39. The summed E-state index contributed by atoms with van der Waals surface area (Å²) in [5.41, 5.74) is -0.434. The lowest BCUT2D eigenvalue weighted by Crippen LogP contribution is -2.50. The quantitative estimate of drug-likeness (QED) is 0.767. The van der Waals surface area contributed by atoms with Crippen LogP contribution < -0.4 is 10.6 Å². The summed E-state index contributed by atoms with van der Waals surface area (Å²) in [6.07, 6.45) is 6.82. The number of rotatable bonds is 6. The van der Waals surface area contributed by atoms with Gasteiger partial charge in [0, 0.05) is 24.7 Å². The van der Waals surface area contributed by atoms with Crippen LogP contribution in [-0.4, -0.2) is 54.4 Å². The first kappa shape index (κ1) is 20.5. The number of likely N-dealkylation sites (tertiary alicyclic amines) is 1. The van der Waals surface area contributed by atoms with E-state index in [2.05, 4.69) is 29.4 Å². The van der Waals surface area contributed by atoms with E-state index in [1.165, 1.54) is 32.4 Å². The molecule has 5 nitrogen and oxygen atoms in total. The zero-order valence-electron chi connectivity index (χ0n) is 16.9. The van der Waals surface area contributed by atoms with Gasteiger partial charge in [0.15, 0.2) is 0 Å². The Bertz CT molecular complexity index is 414. The van der Waals surface area contributed by atoms with Crippen molar-refractivity contribution < 1.29 is 9.53 Å². The van der Waals surface area contributed by atoms with Crippen molar-refractivity contribution in [1.82, 2.24) is 15.5 Å². The number of hydrogen-bond donors (Lipinski definition) is 2. The highest BCUT2D eigenvalue weighted by atomic mass is 16.6. The Morgan fingerprint density at radius 3 is 2.36 bits per heavy atom. The highest BCUT2D eigenvalue weighted by molar-refractivity contribution is 5.68. The van der Waals surface area contributed by atoms with Crippen LogP contribution in [0.2, 0.25) is 0 Å². The third kappa shape index (κ3) is 7.14. The molecule has 3 atom stereocenters. The maximum absolute atomic E-state index is 12.0. The Morgan fingerprint density at radius 1 is 1.12 bits per heavy atom. The fraction of sp³-hybridized carbons (Fsp3) is 0.950. The SMILES string of the molecule is CC(C)C(CNC1CCCC(NC(=O)OC(C)(C)C)C1)N1CCCC1. The van der Waals surface area contributed by atoms with Crippen molar-refractivity contribution in [3.8, 4) is 0 Å². The van der Waals surface area contributed by atoms with E-state index >= 15 is 0 Å². The number of amides is 1. The standard InChI is InChI=1S/C20H39N3O2/c1-15(2)18(23-11-6-7-12-23)14-21-16-9-8-10-17(13-16)22-19(24)25-20(3,4)5/h15-18,21H,6-14H2,1-5H3,(H,22,24). The average molecular weight is 354 g/mol. The van der Waals surface area contributed by atoms with E-state index in [1.54, 1.807) is 0 Å². The van der Waals surface area contributed by atoms with Crippen LogP contribution in [0.25, 0.3) is 0 Å². The normalized spacial score (nSPS) is 26.6. The summed E-state index contributed by atoms with van der Waals surface area (Å²) in [4.78, 5) is 14.7. The number of alkyl carbamates (subject to hydrolysis) is 1. The number of nitrogens with one attached hydrogen (secondary N) is 2. The van der Waals surface area contributed by atoms with Crippen LogP contribution >= 0.6 is 0 Å². The van der Waals surface area contributed by atoms with Crippen molar-refractivity contribution in [2.75, 3.05) is 19.6 Å². The molecule has 146 valence electrons. The highest BCUT2D eigenvalue weighted by Crippen LogP contribution is 2.21. The highest BCUT2D eigenvalue weighted by Gasteiger charge is 2.28. The molecule has 0 aromatic carbocycles. The fourth-order valence-corrected chi connectivity index (χ4v) is 4.13. The van der Waals surface area contributed by atoms with E-state index in [0.717, 1.165) is 25.8 Å². The molecule has 0 spiro atoms. The minimum atomic E-state index is -0.434. The summed E-state index contributed by atoms with van der Waals surface area (Å²) in [6.45, 7) is 13.9. The second-order valence-electron chi connectivity index (χ2n) is 9.17. The molecule has 1 amide bonds. The van der Waals surface area contributed by atoms with E-state index in [9.17, 15) is 4.79 Å². The number of carbonyl (C=O) groups excluding carboxylic acids is 1. The van der Waals surface area contributed by atoms with Crippen LogP contribution in [0.1, 0.15) is 73.1 Å². The molecule has 1 heterocycles. The lowest BCUT2D eigenvalue weighted by molar-refractivity contribution is 0.0488. The molecule has 1 saturated carbocycles. The summed E-state index contributed by atoms with van der Waals surface area (Å²) in [7, 11) is 0. The van der Waals surface area contributed by atoms with Crippen LogP contribution in [0, 0.1) is 5.92 Å². The van der Waals surface area contributed by atoms with E-state index in [4.69, 9.17) is 4.74 Å². The molecule has 0 aromatic heterocycles. The largest absolute Gasteiger partial charge is 0.444 e. The summed E-state index contributed by atoms with van der Waals surface area (Å²) in [6, 6.07) is 1.35. The molecule has 0 bridgehead atoms. The second kappa shape index (κ2) is 9.22. The van der Waals surface area contributed by atoms with Gasteiger partial charge in [-0.1, -0.05) is 13.8 Å². The monoisotopic (exact) mass is 353 g/mol. The number of nitrogens with zero attached hydrogens (tertiary/aromatic N) is 1. The summed E-state index contributed by atoms with van der Waals surface area (Å²) < 4.78 is 5.40. The summed E-state index contributed by atoms with van der Waals surface area (Å²) in [5.74, 6) is 0.671. The minimum absolute atomic E-state index is 0.227. The molecule has 0 aromatic rings. The molecule has 1 aliphatic carbocycles. The molecule has 25 heavy (non-hydrogen) atoms. The van der Waals surface area contributed by atoms with Gasteiger partial charge >= 0.3 is 6.09 Å². The third-order valence-electron chi connectivity index (χ3n) is 5.39. The topological polar surface area (TPSA) is 53.6 Å². The minimum Gasteiger partial charge on any atom is -0.444 e. The van der Waals surface area contributed by atoms with Gasteiger partial charge in [-0.15, -0.1) is 0 Å². The molecule has 2 fully saturated rings. The van der Waals surface area contributed by atoms with Crippen molar-refractivity contribution in [3.05, 3.63) is 0 Å². The molecule has 2 rings (SSSR count). The molecule has 2 N–H and O–H groups in total. The molecule has 1 aliphatic heterocycles. The van der Waals surface area contributed by atoms with Crippen LogP contribution in [0.3, 0.4) is 0 Å². The van der Waals surface area contributed by atoms with Gasteiger partial charge in [-0.3, -0.25) is 4.90 Å². The zero-order valence-corrected chi connectivity index (χ0v) is 16.9. The number of hydrogen-bond acceptors (Lipinski definition) is 4. The molecule has 2 aliphatic rings. The van der Waals surface area contributed by atoms with Crippen molar-refractivity contribution in [2.24, 2.45) is 5.92 Å². The van der Waals surface area contributed by atoms with Gasteiger partial charge in [0.1, 0.15) is 5.60 Å². The van der Waals surface area contributed by atoms with Gasteiger partial charge in [0.2, 0.25) is 0 Å².